The highest BCUT2D eigenvalue weighted by Crippen LogP contribution is 2.47. The number of benzene rings is 2. The molecule has 0 bridgehead atoms. The lowest BCUT2D eigenvalue weighted by molar-refractivity contribution is -0.140. The average Bonchev–Trinajstić information content (AvgIpc) is 3.23. The maximum atomic E-state index is 14.0. The number of hydrogen-bond acceptors (Lipinski definition) is 5. The SMILES string of the molecule is COc1ccc2c(c1)C=C(C(=O)N(C)CC(=O)N1CCOCC1)Cn1c-2c(C2CCCCC2)c2ccc(C(=O)O)cc21. The summed E-state index contributed by atoms with van der Waals surface area (Å²) in [7, 11) is 3.28. The number of carboxylic acids is 1. The molecular formula is C33H37N3O6. The summed E-state index contributed by atoms with van der Waals surface area (Å²) in [5.74, 6) is -0.311. The van der Waals surface area contributed by atoms with Gasteiger partial charge in [0.15, 0.2) is 0 Å². The van der Waals surface area contributed by atoms with Crippen LogP contribution in [0.5, 0.6) is 5.75 Å². The minimum Gasteiger partial charge on any atom is -0.497 e. The molecule has 3 aromatic rings. The lowest BCUT2D eigenvalue weighted by atomic mass is 9.81. The number of amides is 2. The van der Waals surface area contributed by atoms with Crippen LogP contribution in [0.4, 0.5) is 0 Å². The first-order valence-corrected chi connectivity index (χ1v) is 14.7. The first-order valence-electron chi connectivity index (χ1n) is 14.7. The number of fused-ring (bicyclic) bond motifs is 5. The second kappa shape index (κ2) is 11.6. The average molecular weight is 572 g/mol. The summed E-state index contributed by atoms with van der Waals surface area (Å²) in [4.78, 5) is 42.2. The summed E-state index contributed by atoms with van der Waals surface area (Å²) in [6, 6.07) is 11.3. The van der Waals surface area contributed by atoms with Gasteiger partial charge in [-0.05, 0) is 66.3 Å². The first kappa shape index (κ1) is 28.0. The van der Waals surface area contributed by atoms with Crippen LogP contribution in [0.1, 0.15) is 59.5 Å². The highest BCUT2D eigenvalue weighted by atomic mass is 16.5. The molecule has 3 aliphatic rings. The van der Waals surface area contributed by atoms with Crippen LogP contribution in [0, 0.1) is 0 Å². The van der Waals surface area contributed by atoms with E-state index < -0.39 is 5.97 Å². The van der Waals surface area contributed by atoms with Gasteiger partial charge in [0.1, 0.15) is 5.75 Å². The zero-order chi connectivity index (χ0) is 29.4. The fourth-order valence-electron chi connectivity index (χ4n) is 6.74. The van der Waals surface area contributed by atoms with Crippen LogP contribution in [0.2, 0.25) is 0 Å². The minimum absolute atomic E-state index is 0.0308. The molecule has 6 rings (SSSR count). The Morgan fingerprint density at radius 2 is 1.81 bits per heavy atom. The fraction of sp³-hybridized carbons (Fsp3) is 0.424. The van der Waals surface area contributed by atoms with Crippen molar-refractivity contribution < 1.29 is 29.0 Å². The molecule has 3 heterocycles. The van der Waals surface area contributed by atoms with E-state index in [-0.39, 0.29) is 30.5 Å². The molecule has 0 unspecified atom stereocenters. The van der Waals surface area contributed by atoms with Gasteiger partial charge in [0.2, 0.25) is 5.91 Å². The number of ether oxygens (including phenoxy) is 2. The number of carboxylic acid groups (broad SMARTS) is 1. The molecule has 42 heavy (non-hydrogen) atoms. The van der Waals surface area contributed by atoms with Gasteiger partial charge in [-0.2, -0.15) is 0 Å². The second-order valence-electron chi connectivity index (χ2n) is 11.5. The van der Waals surface area contributed by atoms with Gasteiger partial charge in [-0.15, -0.1) is 0 Å². The normalized spacial score (nSPS) is 17.2. The van der Waals surface area contributed by atoms with Crippen LogP contribution in [-0.2, 0) is 20.9 Å². The number of aromatic nitrogens is 1. The van der Waals surface area contributed by atoms with Gasteiger partial charge >= 0.3 is 5.97 Å². The lowest BCUT2D eigenvalue weighted by Crippen LogP contribution is -2.46. The maximum Gasteiger partial charge on any atom is 0.335 e. The molecule has 220 valence electrons. The molecule has 1 saturated heterocycles. The number of likely N-dealkylation sites (N-methyl/N-ethyl adjacent to an activating group) is 1. The molecule has 9 nitrogen and oxygen atoms in total. The van der Waals surface area contributed by atoms with E-state index in [1.807, 2.05) is 30.3 Å². The van der Waals surface area contributed by atoms with Crippen molar-refractivity contribution in [3.05, 3.63) is 58.7 Å². The van der Waals surface area contributed by atoms with E-state index in [0.717, 1.165) is 53.4 Å². The van der Waals surface area contributed by atoms with Crippen molar-refractivity contribution in [1.29, 1.82) is 0 Å². The number of hydrogen-bond donors (Lipinski definition) is 1. The zero-order valence-corrected chi connectivity index (χ0v) is 24.2. The van der Waals surface area contributed by atoms with Gasteiger partial charge in [0, 0.05) is 42.2 Å². The molecule has 1 aliphatic carbocycles. The maximum absolute atomic E-state index is 14.0. The highest BCUT2D eigenvalue weighted by Gasteiger charge is 2.31. The minimum atomic E-state index is -0.987. The van der Waals surface area contributed by atoms with Gasteiger partial charge in [0.05, 0.1) is 44.7 Å². The van der Waals surface area contributed by atoms with Crippen molar-refractivity contribution in [2.75, 3.05) is 47.0 Å². The number of carbonyl (C=O) groups is 3. The molecular weight excluding hydrogens is 534 g/mol. The Morgan fingerprint density at radius 3 is 2.52 bits per heavy atom. The topological polar surface area (TPSA) is 101 Å². The van der Waals surface area contributed by atoms with Gasteiger partial charge in [-0.1, -0.05) is 25.3 Å². The highest BCUT2D eigenvalue weighted by molar-refractivity contribution is 6.04. The Morgan fingerprint density at radius 1 is 1.05 bits per heavy atom. The van der Waals surface area contributed by atoms with Gasteiger partial charge in [0.25, 0.3) is 5.91 Å². The Bertz CT molecular complexity index is 1580. The van der Waals surface area contributed by atoms with E-state index in [0.29, 0.717) is 43.5 Å². The molecule has 1 N–H and O–H groups in total. The number of morpholine rings is 1. The van der Waals surface area contributed by atoms with Crippen molar-refractivity contribution in [2.45, 2.75) is 44.6 Å². The molecule has 1 saturated carbocycles. The third kappa shape index (κ3) is 5.17. The molecule has 9 heteroatoms. The van der Waals surface area contributed by atoms with Crippen molar-refractivity contribution >= 4 is 34.8 Å². The zero-order valence-electron chi connectivity index (χ0n) is 24.2. The van der Waals surface area contributed by atoms with E-state index >= 15 is 0 Å². The quantitative estimate of drug-likeness (QED) is 0.457. The summed E-state index contributed by atoms with van der Waals surface area (Å²) in [5, 5.41) is 10.9. The Hall–Kier alpha value is -4.11. The predicted molar refractivity (Wildman–Crippen MR) is 160 cm³/mol. The van der Waals surface area contributed by atoms with E-state index in [1.165, 1.54) is 16.9 Å². The molecule has 0 spiro atoms. The molecule has 2 amide bonds. The summed E-state index contributed by atoms with van der Waals surface area (Å²) < 4.78 is 13.0. The van der Waals surface area contributed by atoms with E-state index in [1.54, 1.807) is 31.2 Å². The molecule has 2 aromatic carbocycles. The fourth-order valence-corrected chi connectivity index (χ4v) is 6.74. The number of carbonyl (C=O) groups excluding carboxylic acids is 2. The molecule has 2 fully saturated rings. The predicted octanol–water partition coefficient (Wildman–Crippen LogP) is 4.78. The van der Waals surface area contributed by atoms with Crippen molar-refractivity contribution in [2.24, 2.45) is 0 Å². The summed E-state index contributed by atoms with van der Waals surface area (Å²) in [6.07, 6.45) is 7.58. The van der Waals surface area contributed by atoms with Crippen molar-refractivity contribution in [1.82, 2.24) is 14.4 Å². The second-order valence-corrected chi connectivity index (χ2v) is 11.5. The third-order valence-electron chi connectivity index (χ3n) is 8.89. The van der Waals surface area contributed by atoms with Crippen molar-refractivity contribution in [3.63, 3.8) is 0 Å². The molecule has 0 radical (unpaired) electrons. The number of rotatable bonds is 6. The summed E-state index contributed by atoms with van der Waals surface area (Å²) >= 11 is 0. The standard InChI is InChI=1S/C33H37N3O6/c1-34(20-29(37)35-12-14-42-15-13-35)32(38)24-16-23-17-25(41-2)9-11-26(23)31-30(21-6-4-3-5-7-21)27-10-8-22(33(39)40)18-28(27)36(31)19-24/h8-11,16-18,21H,3-7,12-15,19-20H2,1-2H3,(H,39,40). The van der Waals surface area contributed by atoms with Gasteiger partial charge in [-0.25, -0.2) is 4.79 Å². The van der Waals surface area contributed by atoms with Crippen LogP contribution in [0.25, 0.3) is 28.2 Å². The smallest absolute Gasteiger partial charge is 0.335 e. The molecule has 0 atom stereocenters. The van der Waals surface area contributed by atoms with Gasteiger partial charge < -0.3 is 28.9 Å². The number of methoxy groups -OCH3 is 1. The largest absolute Gasteiger partial charge is 0.497 e. The Balaban J connectivity index is 1.48. The van der Waals surface area contributed by atoms with Crippen LogP contribution in [0.3, 0.4) is 0 Å². The van der Waals surface area contributed by atoms with Crippen LogP contribution in [0.15, 0.2) is 42.0 Å². The van der Waals surface area contributed by atoms with E-state index in [4.69, 9.17) is 9.47 Å². The Labute approximate surface area is 245 Å². The third-order valence-corrected chi connectivity index (χ3v) is 8.89. The molecule has 2 aliphatic heterocycles. The van der Waals surface area contributed by atoms with Crippen LogP contribution < -0.4 is 4.74 Å². The summed E-state index contributed by atoms with van der Waals surface area (Å²) in [6.45, 7) is 2.26. The Kier molecular flexibility index (Phi) is 7.77. The van der Waals surface area contributed by atoms with Gasteiger partial charge in [-0.3, -0.25) is 9.59 Å². The van der Waals surface area contributed by atoms with E-state index in [9.17, 15) is 19.5 Å². The van der Waals surface area contributed by atoms with Crippen LogP contribution in [-0.4, -0.2) is 84.3 Å². The number of nitrogens with zero attached hydrogens (tertiary/aromatic N) is 3. The van der Waals surface area contributed by atoms with Crippen molar-refractivity contribution in [3.8, 4) is 17.0 Å². The number of aromatic carboxylic acids is 1. The van der Waals surface area contributed by atoms with Crippen LogP contribution >= 0.6 is 0 Å². The first-order chi connectivity index (χ1) is 20.4. The molecule has 1 aromatic heterocycles. The summed E-state index contributed by atoms with van der Waals surface area (Å²) in [5.41, 5.74) is 5.65. The van der Waals surface area contributed by atoms with E-state index in [2.05, 4.69) is 4.57 Å². The lowest BCUT2D eigenvalue weighted by Gasteiger charge is -2.29. The monoisotopic (exact) mass is 571 g/mol.